The van der Waals surface area contributed by atoms with Crippen LogP contribution in [0.25, 0.3) is 0 Å². The van der Waals surface area contributed by atoms with Crippen LogP contribution in [0.5, 0.6) is 0 Å². The summed E-state index contributed by atoms with van der Waals surface area (Å²) in [4.78, 5) is 29.0. The molecule has 1 aliphatic heterocycles. The lowest BCUT2D eigenvalue weighted by molar-refractivity contribution is -0.186. The summed E-state index contributed by atoms with van der Waals surface area (Å²) in [6.45, 7) is -0.0835. The van der Waals surface area contributed by atoms with Gasteiger partial charge in [0, 0.05) is 38.6 Å². The van der Waals surface area contributed by atoms with Gasteiger partial charge in [0.15, 0.2) is 0 Å². The Balaban J connectivity index is 1.95. The standard InChI is InChI=1S/C12H12F3N3O2/c13-12(14,15)11(20)18-6-4-17(5-7-18)10(19)9-2-1-3-16-8-9/h1-3,8H,4-7H2. The summed E-state index contributed by atoms with van der Waals surface area (Å²) in [5.41, 5.74) is 0.378. The average Bonchev–Trinajstić information content (AvgIpc) is 2.46. The second-order valence-electron chi connectivity index (χ2n) is 4.32. The molecule has 108 valence electrons. The molecule has 1 saturated heterocycles. The molecule has 0 unspecified atom stereocenters. The van der Waals surface area contributed by atoms with Crippen LogP contribution in [-0.2, 0) is 4.79 Å². The maximum Gasteiger partial charge on any atom is 0.471 e. The highest BCUT2D eigenvalue weighted by atomic mass is 19.4. The van der Waals surface area contributed by atoms with Gasteiger partial charge in [0.05, 0.1) is 5.56 Å². The van der Waals surface area contributed by atoms with Gasteiger partial charge in [0.1, 0.15) is 0 Å². The van der Waals surface area contributed by atoms with Crippen LogP contribution >= 0.6 is 0 Å². The summed E-state index contributed by atoms with van der Waals surface area (Å²) >= 11 is 0. The van der Waals surface area contributed by atoms with E-state index in [0.717, 1.165) is 0 Å². The van der Waals surface area contributed by atoms with Crippen LogP contribution in [0.3, 0.4) is 0 Å². The summed E-state index contributed by atoms with van der Waals surface area (Å²) in [5, 5.41) is 0. The molecule has 1 aromatic heterocycles. The van der Waals surface area contributed by atoms with Crippen molar-refractivity contribution in [2.45, 2.75) is 6.18 Å². The van der Waals surface area contributed by atoms with Gasteiger partial charge in [-0.25, -0.2) is 0 Å². The van der Waals surface area contributed by atoms with E-state index in [2.05, 4.69) is 4.98 Å². The smallest absolute Gasteiger partial charge is 0.335 e. The summed E-state index contributed by atoms with van der Waals surface area (Å²) in [7, 11) is 0. The van der Waals surface area contributed by atoms with Crippen molar-refractivity contribution in [3.05, 3.63) is 30.1 Å². The van der Waals surface area contributed by atoms with Gasteiger partial charge in [0.25, 0.3) is 5.91 Å². The number of carbonyl (C=O) groups is 2. The van der Waals surface area contributed by atoms with Crippen LogP contribution in [0.15, 0.2) is 24.5 Å². The minimum atomic E-state index is -4.87. The Morgan fingerprint density at radius 3 is 2.20 bits per heavy atom. The average molecular weight is 287 g/mol. The zero-order valence-electron chi connectivity index (χ0n) is 10.4. The Bertz CT molecular complexity index is 496. The van der Waals surface area contributed by atoms with Gasteiger partial charge >= 0.3 is 12.1 Å². The van der Waals surface area contributed by atoms with Crippen molar-refractivity contribution >= 4 is 11.8 Å². The number of pyridine rings is 1. The number of rotatable bonds is 1. The number of hydrogen-bond donors (Lipinski definition) is 0. The number of piperazine rings is 1. The second kappa shape index (κ2) is 5.48. The Morgan fingerprint density at radius 1 is 1.10 bits per heavy atom. The lowest BCUT2D eigenvalue weighted by Crippen LogP contribution is -2.53. The Labute approximate surface area is 113 Å². The third-order valence-corrected chi connectivity index (χ3v) is 3.01. The summed E-state index contributed by atoms with van der Waals surface area (Å²) in [6.07, 6.45) is -1.94. The number of halogens is 3. The van der Waals surface area contributed by atoms with Crippen LogP contribution < -0.4 is 0 Å². The van der Waals surface area contributed by atoms with E-state index in [9.17, 15) is 22.8 Å². The van der Waals surface area contributed by atoms with Crippen LogP contribution in [0.1, 0.15) is 10.4 Å². The van der Waals surface area contributed by atoms with Gasteiger partial charge in [-0.1, -0.05) is 0 Å². The molecule has 8 heteroatoms. The molecule has 1 aliphatic rings. The second-order valence-corrected chi connectivity index (χ2v) is 4.32. The molecule has 0 bridgehead atoms. The number of carbonyl (C=O) groups excluding carboxylic acids is 2. The van der Waals surface area contributed by atoms with E-state index in [-0.39, 0.29) is 32.1 Å². The Hall–Kier alpha value is -2.12. The maximum absolute atomic E-state index is 12.3. The molecule has 0 aromatic carbocycles. The lowest BCUT2D eigenvalue weighted by Gasteiger charge is -2.34. The first-order valence-corrected chi connectivity index (χ1v) is 5.95. The van der Waals surface area contributed by atoms with E-state index in [1.165, 1.54) is 17.3 Å². The number of amides is 2. The summed E-state index contributed by atoms with van der Waals surface area (Å²) in [5.74, 6) is -2.15. The van der Waals surface area contributed by atoms with E-state index in [1.807, 2.05) is 0 Å². The molecule has 0 aliphatic carbocycles. The molecule has 5 nitrogen and oxygen atoms in total. The summed E-state index contributed by atoms with van der Waals surface area (Å²) in [6, 6.07) is 3.19. The quantitative estimate of drug-likeness (QED) is 0.772. The van der Waals surface area contributed by atoms with Gasteiger partial charge in [-0.05, 0) is 12.1 Å². The van der Waals surface area contributed by atoms with Gasteiger partial charge in [-0.15, -0.1) is 0 Å². The molecular weight excluding hydrogens is 275 g/mol. The van der Waals surface area contributed by atoms with E-state index in [4.69, 9.17) is 0 Å². The predicted octanol–water partition coefficient (Wildman–Crippen LogP) is 0.928. The Morgan fingerprint density at radius 2 is 1.70 bits per heavy atom. The van der Waals surface area contributed by atoms with Gasteiger partial charge in [-0.3, -0.25) is 14.6 Å². The predicted molar refractivity (Wildman–Crippen MR) is 62.8 cm³/mol. The zero-order valence-corrected chi connectivity index (χ0v) is 10.4. The SMILES string of the molecule is O=C(c1cccnc1)N1CCN(C(=O)C(F)(F)F)CC1. The first-order valence-electron chi connectivity index (χ1n) is 5.95. The first-order chi connectivity index (χ1) is 9.39. The molecule has 0 saturated carbocycles. The van der Waals surface area contributed by atoms with Crippen molar-refractivity contribution in [2.75, 3.05) is 26.2 Å². The van der Waals surface area contributed by atoms with E-state index in [1.54, 1.807) is 12.1 Å². The Kier molecular flexibility index (Phi) is 3.91. The zero-order chi connectivity index (χ0) is 14.8. The third kappa shape index (κ3) is 3.06. The molecule has 2 amide bonds. The fraction of sp³-hybridized carbons (Fsp3) is 0.417. The molecule has 2 rings (SSSR count). The van der Waals surface area contributed by atoms with Crippen molar-refractivity contribution < 1.29 is 22.8 Å². The van der Waals surface area contributed by atoms with Crippen molar-refractivity contribution in [3.63, 3.8) is 0 Å². The van der Waals surface area contributed by atoms with E-state index in [0.29, 0.717) is 10.5 Å². The monoisotopic (exact) mass is 287 g/mol. The highest BCUT2D eigenvalue weighted by Gasteiger charge is 2.43. The number of alkyl halides is 3. The van der Waals surface area contributed by atoms with Crippen LogP contribution in [-0.4, -0.2) is 59.0 Å². The minimum absolute atomic E-state index is 0.0789. The van der Waals surface area contributed by atoms with Crippen LogP contribution in [0.2, 0.25) is 0 Å². The van der Waals surface area contributed by atoms with Crippen molar-refractivity contribution in [3.8, 4) is 0 Å². The molecule has 0 radical (unpaired) electrons. The van der Waals surface area contributed by atoms with E-state index >= 15 is 0 Å². The minimum Gasteiger partial charge on any atom is -0.335 e. The normalized spacial score (nSPS) is 16.1. The topological polar surface area (TPSA) is 53.5 Å². The fourth-order valence-corrected chi connectivity index (χ4v) is 1.96. The molecule has 2 heterocycles. The molecule has 1 fully saturated rings. The number of hydrogen-bond acceptors (Lipinski definition) is 3. The highest BCUT2D eigenvalue weighted by Crippen LogP contribution is 2.19. The molecular formula is C12H12F3N3O2. The van der Waals surface area contributed by atoms with Gasteiger partial charge < -0.3 is 9.80 Å². The third-order valence-electron chi connectivity index (χ3n) is 3.01. The van der Waals surface area contributed by atoms with Crippen molar-refractivity contribution in [1.82, 2.24) is 14.8 Å². The summed E-state index contributed by atoms with van der Waals surface area (Å²) < 4.78 is 36.8. The number of aromatic nitrogens is 1. The van der Waals surface area contributed by atoms with Gasteiger partial charge in [0.2, 0.25) is 0 Å². The van der Waals surface area contributed by atoms with Crippen LogP contribution in [0.4, 0.5) is 13.2 Å². The molecule has 0 N–H and O–H groups in total. The first kappa shape index (κ1) is 14.3. The van der Waals surface area contributed by atoms with Crippen molar-refractivity contribution in [1.29, 1.82) is 0 Å². The number of nitrogens with zero attached hydrogens (tertiary/aromatic N) is 3. The maximum atomic E-state index is 12.3. The fourth-order valence-electron chi connectivity index (χ4n) is 1.96. The largest absolute Gasteiger partial charge is 0.471 e. The van der Waals surface area contributed by atoms with E-state index < -0.39 is 12.1 Å². The molecule has 20 heavy (non-hydrogen) atoms. The lowest BCUT2D eigenvalue weighted by atomic mass is 10.2. The van der Waals surface area contributed by atoms with Gasteiger partial charge in [-0.2, -0.15) is 13.2 Å². The molecule has 1 aromatic rings. The van der Waals surface area contributed by atoms with Crippen LogP contribution in [0, 0.1) is 0 Å². The molecule has 0 spiro atoms. The molecule has 0 atom stereocenters. The highest BCUT2D eigenvalue weighted by molar-refractivity contribution is 5.94. The van der Waals surface area contributed by atoms with Crippen molar-refractivity contribution in [2.24, 2.45) is 0 Å².